The standard InChI is InChI=1S/C14H17NO5/c1-19-9-12-8-15(6-7-20-12)13(16)10-2-4-11(5-3-10)14(17)18/h2-5,12H,6-9H2,1H3,(H,17,18)/t12-/m1/s1. The van der Waals surface area contributed by atoms with Gasteiger partial charge in [-0.1, -0.05) is 0 Å². The van der Waals surface area contributed by atoms with Gasteiger partial charge in [-0.3, -0.25) is 4.79 Å². The highest BCUT2D eigenvalue weighted by Gasteiger charge is 2.25. The summed E-state index contributed by atoms with van der Waals surface area (Å²) >= 11 is 0. The normalized spacial score (nSPS) is 18.9. The van der Waals surface area contributed by atoms with E-state index in [0.29, 0.717) is 31.9 Å². The summed E-state index contributed by atoms with van der Waals surface area (Å²) in [4.78, 5) is 24.8. The molecule has 6 nitrogen and oxygen atoms in total. The highest BCUT2D eigenvalue weighted by molar-refractivity contribution is 5.96. The number of morpholine rings is 1. The lowest BCUT2D eigenvalue weighted by molar-refractivity contribution is -0.0531. The molecule has 0 spiro atoms. The van der Waals surface area contributed by atoms with Gasteiger partial charge in [-0.2, -0.15) is 0 Å². The summed E-state index contributed by atoms with van der Waals surface area (Å²) in [7, 11) is 1.59. The summed E-state index contributed by atoms with van der Waals surface area (Å²) in [6.07, 6.45) is -0.115. The maximum atomic E-state index is 12.3. The molecule has 0 aromatic heterocycles. The van der Waals surface area contributed by atoms with Crippen LogP contribution in [0.5, 0.6) is 0 Å². The van der Waals surface area contributed by atoms with Crippen molar-refractivity contribution in [3.63, 3.8) is 0 Å². The van der Waals surface area contributed by atoms with E-state index in [-0.39, 0.29) is 17.6 Å². The number of nitrogens with zero attached hydrogens (tertiary/aromatic N) is 1. The molecule has 6 heteroatoms. The van der Waals surface area contributed by atoms with Crippen LogP contribution in [0.25, 0.3) is 0 Å². The van der Waals surface area contributed by atoms with Crippen LogP contribution < -0.4 is 0 Å². The molecule has 0 radical (unpaired) electrons. The van der Waals surface area contributed by atoms with Gasteiger partial charge in [-0.05, 0) is 24.3 Å². The number of benzene rings is 1. The first-order chi connectivity index (χ1) is 9.61. The van der Waals surface area contributed by atoms with Crippen molar-refractivity contribution in [1.29, 1.82) is 0 Å². The summed E-state index contributed by atoms with van der Waals surface area (Å²) in [5.41, 5.74) is 0.647. The van der Waals surface area contributed by atoms with E-state index in [2.05, 4.69) is 0 Å². The average Bonchev–Trinajstić information content (AvgIpc) is 2.47. The molecule has 1 heterocycles. The Balaban J connectivity index is 2.04. The Hall–Kier alpha value is -1.92. The Morgan fingerprint density at radius 3 is 2.60 bits per heavy atom. The van der Waals surface area contributed by atoms with Gasteiger partial charge in [0, 0.05) is 25.8 Å². The molecule has 1 aliphatic rings. The molecular formula is C14H17NO5. The van der Waals surface area contributed by atoms with Crippen LogP contribution in [-0.2, 0) is 9.47 Å². The van der Waals surface area contributed by atoms with Crippen LogP contribution >= 0.6 is 0 Å². The van der Waals surface area contributed by atoms with E-state index in [1.54, 1.807) is 12.0 Å². The molecule has 1 atom stereocenters. The second-order valence-corrected chi connectivity index (χ2v) is 4.58. The fourth-order valence-corrected chi connectivity index (χ4v) is 2.13. The van der Waals surface area contributed by atoms with Crippen molar-refractivity contribution in [3.05, 3.63) is 35.4 Å². The molecule has 1 fully saturated rings. The van der Waals surface area contributed by atoms with E-state index in [1.807, 2.05) is 0 Å². The smallest absolute Gasteiger partial charge is 0.335 e. The second kappa shape index (κ2) is 6.49. The number of carboxylic acids is 1. The van der Waals surface area contributed by atoms with E-state index in [9.17, 15) is 9.59 Å². The van der Waals surface area contributed by atoms with Gasteiger partial charge in [-0.15, -0.1) is 0 Å². The second-order valence-electron chi connectivity index (χ2n) is 4.58. The van der Waals surface area contributed by atoms with Gasteiger partial charge in [-0.25, -0.2) is 4.79 Å². The number of ether oxygens (including phenoxy) is 2. The largest absolute Gasteiger partial charge is 0.478 e. The molecule has 0 unspecified atom stereocenters. The minimum Gasteiger partial charge on any atom is -0.478 e. The van der Waals surface area contributed by atoms with Gasteiger partial charge in [0.25, 0.3) is 5.91 Å². The van der Waals surface area contributed by atoms with Gasteiger partial charge in [0.05, 0.1) is 24.9 Å². The number of hydrogen-bond acceptors (Lipinski definition) is 4. The molecule has 0 saturated carbocycles. The molecule has 1 aliphatic heterocycles. The molecule has 1 N–H and O–H groups in total. The van der Waals surface area contributed by atoms with E-state index < -0.39 is 5.97 Å². The summed E-state index contributed by atoms with van der Waals surface area (Å²) in [5.74, 6) is -1.12. The highest BCUT2D eigenvalue weighted by Crippen LogP contribution is 2.12. The topological polar surface area (TPSA) is 76.1 Å². The van der Waals surface area contributed by atoms with Crippen LogP contribution in [0.4, 0.5) is 0 Å². The Labute approximate surface area is 116 Å². The van der Waals surface area contributed by atoms with Crippen LogP contribution in [-0.4, -0.2) is 61.4 Å². The van der Waals surface area contributed by atoms with Crippen LogP contribution in [0.15, 0.2) is 24.3 Å². The average molecular weight is 279 g/mol. The number of carbonyl (C=O) groups excluding carboxylic acids is 1. The fourth-order valence-electron chi connectivity index (χ4n) is 2.13. The lowest BCUT2D eigenvalue weighted by Gasteiger charge is -2.32. The number of methoxy groups -OCH3 is 1. The third kappa shape index (κ3) is 3.34. The maximum Gasteiger partial charge on any atom is 0.335 e. The van der Waals surface area contributed by atoms with Crippen molar-refractivity contribution in [2.45, 2.75) is 6.10 Å². The first-order valence-corrected chi connectivity index (χ1v) is 6.35. The third-order valence-corrected chi connectivity index (χ3v) is 3.16. The van der Waals surface area contributed by atoms with Crippen LogP contribution in [0.3, 0.4) is 0 Å². The highest BCUT2D eigenvalue weighted by atomic mass is 16.5. The molecule has 2 rings (SSSR count). The van der Waals surface area contributed by atoms with Gasteiger partial charge in [0.15, 0.2) is 0 Å². The monoisotopic (exact) mass is 279 g/mol. The predicted molar refractivity (Wildman–Crippen MR) is 70.9 cm³/mol. The van der Waals surface area contributed by atoms with Gasteiger partial charge in [0.2, 0.25) is 0 Å². The molecule has 1 aromatic rings. The number of hydrogen-bond donors (Lipinski definition) is 1. The molecular weight excluding hydrogens is 262 g/mol. The Kier molecular flexibility index (Phi) is 4.70. The van der Waals surface area contributed by atoms with Crippen molar-refractivity contribution in [1.82, 2.24) is 4.90 Å². The van der Waals surface area contributed by atoms with E-state index >= 15 is 0 Å². The van der Waals surface area contributed by atoms with Crippen molar-refractivity contribution < 1.29 is 24.2 Å². The maximum absolute atomic E-state index is 12.3. The SMILES string of the molecule is COC[C@H]1CN(C(=O)c2ccc(C(=O)O)cc2)CCO1. The first kappa shape index (κ1) is 14.5. The van der Waals surface area contributed by atoms with E-state index in [4.69, 9.17) is 14.6 Å². The van der Waals surface area contributed by atoms with E-state index in [0.717, 1.165) is 0 Å². The van der Waals surface area contributed by atoms with Gasteiger partial charge < -0.3 is 19.5 Å². The van der Waals surface area contributed by atoms with Gasteiger partial charge in [0.1, 0.15) is 0 Å². The van der Waals surface area contributed by atoms with Gasteiger partial charge >= 0.3 is 5.97 Å². The molecule has 0 bridgehead atoms. The van der Waals surface area contributed by atoms with Crippen molar-refractivity contribution >= 4 is 11.9 Å². The first-order valence-electron chi connectivity index (χ1n) is 6.35. The summed E-state index contributed by atoms with van der Waals surface area (Å²) in [6, 6.07) is 5.93. The minimum absolute atomic E-state index is 0.115. The molecule has 1 aromatic carbocycles. The quantitative estimate of drug-likeness (QED) is 0.885. The van der Waals surface area contributed by atoms with Crippen molar-refractivity contribution in [3.8, 4) is 0 Å². The third-order valence-electron chi connectivity index (χ3n) is 3.16. The zero-order chi connectivity index (χ0) is 14.5. The van der Waals surface area contributed by atoms with Crippen LogP contribution in [0.1, 0.15) is 20.7 Å². The summed E-state index contributed by atoms with van der Waals surface area (Å²) in [6.45, 7) is 1.93. The Bertz CT molecular complexity index is 483. The Morgan fingerprint density at radius 1 is 1.35 bits per heavy atom. The minimum atomic E-state index is -1.00. The molecule has 1 amide bonds. The van der Waals surface area contributed by atoms with Crippen molar-refractivity contribution in [2.75, 3.05) is 33.4 Å². The number of rotatable bonds is 4. The van der Waals surface area contributed by atoms with Crippen LogP contribution in [0.2, 0.25) is 0 Å². The zero-order valence-electron chi connectivity index (χ0n) is 11.2. The van der Waals surface area contributed by atoms with E-state index in [1.165, 1.54) is 24.3 Å². The Morgan fingerprint density at radius 2 is 2.00 bits per heavy atom. The lowest BCUT2D eigenvalue weighted by atomic mass is 10.1. The van der Waals surface area contributed by atoms with Crippen LogP contribution in [0, 0.1) is 0 Å². The lowest BCUT2D eigenvalue weighted by Crippen LogP contribution is -2.47. The molecule has 1 saturated heterocycles. The zero-order valence-corrected chi connectivity index (χ0v) is 11.2. The summed E-state index contributed by atoms with van der Waals surface area (Å²) in [5, 5.41) is 8.83. The molecule has 20 heavy (non-hydrogen) atoms. The predicted octanol–water partition coefficient (Wildman–Crippen LogP) is 0.872. The number of carboxylic acid groups (broad SMARTS) is 1. The summed E-state index contributed by atoms with van der Waals surface area (Å²) < 4.78 is 10.5. The fraction of sp³-hybridized carbons (Fsp3) is 0.429. The van der Waals surface area contributed by atoms with Crippen molar-refractivity contribution in [2.24, 2.45) is 0 Å². The number of amides is 1. The molecule has 0 aliphatic carbocycles. The molecule has 108 valence electrons. The number of aromatic carboxylic acids is 1. The number of carbonyl (C=O) groups is 2.